The molecule has 0 spiro atoms. The number of methoxy groups -OCH3 is 1. The molecule has 0 aromatic rings. The second-order valence-electron chi connectivity index (χ2n) is 5.68. The number of nitrogens with one attached hydrogen (secondary N) is 2. The number of hydrogen-bond acceptors (Lipinski definition) is 4. The van der Waals surface area contributed by atoms with Crippen molar-refractivity contribution in [1.82, 2.24) is 15.5 Å². The monoisotopic (exact) mass is 285 g/mol. The highest BCUT2D eigenvalue weighted by atomic mass is 16.5. The van der Waals surface area contributed by atoms with Crippen molar-refractivity contribution < 1.29 is 9.53 Å². The normalized spacial score (nSPS) is 20.6. The molecular weight excluding hydrogens is 254 g/mol. The van der Waals surface area contributed by atoms with Gasteiger partial charge in [0, 0.05) is 19.7 Å². The van der Waals surface area contributed by atoms with Gasteiger partial charge in [0.15, 0.2) is 0 Å². The SMILES string of the molecule is CCNC(C)C1CCN(C(C)C(=O)NCCOC)CC1. The zero-order valence-electron chi connectivity index (χ0n) is 13.4. The van der Waals surface area contributed by atoms with Crippen LogP contribution in [0.2, 0.25) is 0 Å². The Morgan fingerprint density at radius 3 is 2.55 bits per heavy atom. The van der Waals surface area contributed by atoms with Crippen LogP contribution >= 0.6 is 0 Å². The molecule has 1 rings (SSSR count). The largest absolute Gasteiger partial charge is 0.383 e. The van der Waals surface area contributed by atoms with Gasteiger partial charge in [-0.25, -0.2) is 0 Å². The number of likely N-dealkylation sites (tertiary alicyclic amines) is 1. The van der Waals surface area contributed by atoms with Gasteiger partial charge in [-0.1, -0.05) is 6.92 Å². The summed E-state index contributed by atoms with van der Waals surface area (Å²) in [6, 6.07) is 0.537. The Kier molecular flexibility index (Phi) is 8.11. The van der Waals surface area contributed by atoms with Crippen LogP contribution in [0.1, 0.15) is 33.6 Å². The Hall–Kier alpha value is -0.650. The Balaban J connectivity index is 2.31. The average Bonchev–Trinajstić information content (AvgIpc) is 2.47. The number of amides is 1. The fourth-order valence-corrected chi connectivity index (χ4v) is 2.89. The van der Waals surface area contributed by atoms with Gasteiger partial charge in [0.1, 0.15) is 0 Å². The average molecular weight is 285 g/mol. The Bertz CT molecular complexity index is 278. The zero-order chi connectivity index (χ0) is 15.0. The number of ether oxygens (including phenoxy) is 1. The van der Waals surface area contributed by atoms with Crippen molar-refractivity contribution in [3.63, 3.8) is 0 Å². The number of carbonyl (C=O) groups excluding carboxylic acids is 1. The van der Waals surface area contributed by atoms with E-state index < -0.39 is 0 Å². The molecule has 0 aromatic carbocycles. The van der Waals surface area contributed by atoms with Gasteiger partial charge in [0.05, 0.1) is 12.6 Å². The van der Waals surface area contributed by atoms with Gasteiger partial charge in [-0.3, -0.25) is 9.69 Å². The maximum atomic E-state index is 12.0. The Morgan fingerprint density at radius 2 is 2.00 bits per heavy atom. The lowest BCUT2D eigenvalue weighted by Gasteiger charge is -2.37. The predicted molar refractivity (Wildman–Crippen MR) is 81.8 cm³/mol. The highest BCUT2D eigenvalue weighted by Crippen LogP contribution is 2.22. The van der Waals surface area contributed by atoms with Crippen molar-refractivity contribution in [3.05, 3.63) is 0 Å². The van der Waals surface area contributed by atoms with E-state index in [0.29, 0.717) is 19.2 Å². The summed E-state index contributed by atoms with van der Waals surface area (Å²) in [5.74, 6) is 0.843. The highest BCUT2D eigenvalue weighted by molar-refractivity contribution is 5.81. The summed E-state index contributed by atoms with van der Waals surface area (Å²) >= 11 is 0. The van der Waals surface area contributed by atoms with Crippen molar-refractivity contribution in [2.45, 2.75) is 45.7 Å². The molecule has 0 saturated carbocycles. The van der Waals surface area contributed by atoms with E-state index in [4.69, 9.17) is 4.74 Å². The lowest BCUT2D eigenvalue weighted by Crippen LogP contribution is -2.50. The Morgan fingerprint density at radius 1 is 1.35 bits per heavy atom. The van der Waals surface area contributed by atoms with E-state index in [-0.39, 0.29) is 11.9 Å². The zero-order valence-corrected chi connectivity index (χ0v) is 13.4. The molecule has 0 bridgehead atoms. The molecule has 1 amide bonds. The topological polar surface area (TPSA) is 53.6 Å². The maximum Gasteiger partial charge on any atom is 0.237 e. The molecule has 118 valence electrons. The second kappa shape index (κ2) is 9.32. The Labute approximate surface area is 123 Å². The van der Waals surface area contributed by atoms with Gasteiger partial charge in [-0.2, -0.15) is 0 Å². The van der Waals surface area contributed by atoms with Crippen LogP contribution in [0.15, 0.2) is 0 Å². The molecular formula is C15H31N3O2. The van der Waals surface area contributed by atoms with Crippen LogP contribution in [0, 0.1) is 5.92 Å². The number of nitrogens with zero attached hydrogens (tertiary/aromatic N) is 1. The van der Waals surface area contributed by atoms with Crippen LogP contribution in [0.25, 0.3) is 0 Å². The van der Waals surface area contributed by atoms with E-state index in [9.17, 15) is 4.79 Å². The first-order valence-electron chi connectivity index (χ1n) is 7.84. The van der Waals surface area contributed by atoms with Crippen LogP contribution in [-0.2, 0) is 9.53 Å². The summed E-state index contributed by atoms with van der Waals surface area (Å²) < 4.78 is 4.95. The van der Waals surface area contributed by atoms with Crippen molar-refractivity contribution in [2.75, 3.05) is 39.9 Å². The third-order valence-electron chi connectivity index (χ3n) is 4.34. The second-order valence-corrected chi connectivity index (χ2v) is 5.68. The van der Waals surface area contributed by atoms with Gasteiger partial charge in [0.2, 0.25) is 5.91 Å². The molecule has 5 heteroatoms. The van der Waals surface area contributed by atoms with Crippen LogP contribution in [0.5, 0.6) is 0 Å². The van der Waals surface area contributed by atoms with Gasteiger partial charge in [-0.15, -0.1) is 0 Å². The molecule has 1 saturated heterocycles. The fourth-order valence-electron chi connectivity index (χ4n) is 2.89. The summed E-state index contributed by atoms with van der Waals surface area (Å²) in [6.07, 6.45) is 2.34. The van der Waals surface area contributed by atoms with Gasteiger partial charge < -0.3 is 15.4 Å². The molecule has 2 unspecified atom stereocenters. The van der Waals surface area contributed by atoms with Gasteiger partial charge in [0.25, 0.3) is 0 Å². The van der Waals surface area contributed by atoms with E-state index in [2.05, 4.69) is 29.4 Å². The van der Waals surface area contributed by atoms with Crippen LogP contribution in [0.3, 0.4) is 0 Å². The lowest BCUT2D eigenvalue weighted by atomic mass is 9.89. The molecule has 1 aliphatic rings. The highest BCUT2D eigenvalue weighted by Gasteiger charge is 2.28. The minimum Gasteiger partial charge on any atom is -0.383 e. The predicted octanol–water partition coefficient (Wildman–Crippen LogP) is 0.848. The smallest absolute Gasteiger partial charge is 0.237 e. The first-order chi connectivity index (χ1) is 9.60. The number of piperidine rings is 1. The molecule has 5 nitrogen and oxygen atoms in total. The lowest BCUT2D eigenvalue weighted by molar-refractivity contribution is -0.126. The van der Waals surface area contributed by atoms with E-state index in [1.54, 1.807) is 7.11 Å². The third kappa shape index (κ3) is 5.38. The quantitative estimate of drug-likeness (QED) is 0.649. The number of hydrogen-bond donors (Lipinski definition) is 2. The minimum atomic E-state index is -0.0396. The molecule has 20 heavy (non-hydrogen) atoms. The molecule has 1 aliphatic heterocycles. The standard InChI is InChI=1S/C15H31N3O2/c1-5-16-12(2)14-6-9-18(10-7-14)13(3)15(19)17-8-11-20-4/h12-14,16H,5-11H2,1-4H3,(H,17,19). The minimum absolute atomic E-state index is 0.0396. The fraction of sp³-hybridized carbons (Fsp3) is 0.933. The number of carbonyl (C=O) groups is 1. The first-order valence-corrected chi connectivity index (χ1v) is 7.84. The van der Waals surface area contributed by atoms with Crippen molar-refractivity contribution in [2.24, 2.45) is 5.92 Å². The van der Waals surface area contributed by atoms with Crippen molar-refractivity contribution in [1.29, 1.82) is 0 Å². The van der Waals surface area contributed by atoms with E-state index in [1.165, 1.54) is 12.8 Å². The van der Waals surface area contributed by atoms with Gasteiger partial charge >= 0.3 is 0 Å². The summed E-state index contributed by atoms with van der Waals surface area (Å²) in [5.41, 5.74) is 0. The molecule has 0 radical (unpaired) electrons. The van der Waals surface area contributed by atoms with Crippen molar-refractivity contribution in [3.8, 4) is 0 Å². The molecule has 2 N–H and O–H groups in total. The van der Waals surface area contributed by atoms with E-state index in [0.717, 1.165) is 25.6 Å². The van der Waals surface area contributed by atoms with Crippen LogP contribution < -0.4 is 10.6 Å². The van der Waals surface area contributed by atoms with Gasteiger partial charge in [-0.05, 0) is 52.2 Å². The molecule has 0 aliphatic carbocycles. The van der Waals surface area contributed by atoms with Crippen molar-refractivity contribution >= 4 is 5.91 Å². The molecule has 1 fully saturated rings. The summed E-state index contributed by atoms with van der Waals surface area (Å²) in [6.45, 7) is 10.6. The maximum absolute atomic E-state index is 12.0. The summed E-state index contributed by atoms with van der Waals surface area (Å²) in [5, 5.41) is 6.42. The van der Waals surface area contributed by atoms with Crippen LogP contribution in [-0.4, -0.2) is 62.8 Å². The molecule has 2 atom stereocenters. The summed E-state index contributed by atoms with van der Waals surface area (Å²) in [7, 11) is 1.64. The molecule has 0 aromatic heterocycles. The van der Waals surface area contributed by atoms with Crippen LogP contribution in [0.4, 0.5) is 0 Å². The summed E-state index contributed by atoms with van der Waals surface area (Å²) in [4.78, 5) is 14.3. The third-order valence-corrected chi connectivity index (χ3v) is 4.34. The molecule has 1 heterocycles. The van der Waals surface area contributed by atoms with E-state index >= 15 is 0 Å². The van der Waals surface area contributed by atoms with E-state index in [1.807, 2.05) is 6.92 Å². The number of rotatable bonds is 8. The first kappa shape index (κ1) is 17.4.